The molecule has 0 heterocycles. The minimum atomic E-state index is -0.258. The van der Waals surface area contributed by atoms with Crippen LogP contribution in [0.2, 0.25) is 0 Å². The summed E-state index contributed by atoms with van der Waals surface area (Å²) < 4.78 is 0. The van der Waals surface area contributed by atoms with Crippen molar-refractivity contribution in [3.63, 3.8) is 0 Å². The van der Waals surface area contributed by atoms with Crippen molar-refractivity contribution in [2.45, 2.75) is 38.6 Å². The van der Waals surface area contributed by atoms with Crippen molar-refractivity contribution >= 4 is 5.78 Å². The van der Waals surface area contributed by atoms with E-state index in [1.54, 1.807) is 0 Å². The molecule has 0 aromatic carbocycles. The maximum Gasteiger partial charge on any atom is 0.149 e. The number of carbonyl (C=O) groups excluding carboxylic acids is 1. The zero-order chi connectivity index (χ0) is 8.69. The van der Waals surface area contributed by atoms with Gasteiger partial charge < -0.3 is 11.5 Å². The zero-order valence-corrected chi connectivity index (χ0v) is 7.18. The second-order valence-electron chi connectivity index (χ2n) is 2.71. The molecule has 1 atom stereocenters. The molecule has 0 amide bonds. The van der Waals surface area contributed by atoms with Crippen LogP contribution in [0.4, 0.5) is 0 Å². The highest BCUT2D eigenvalue weighted by molar-refractivity contribution is 5.83. The average Bonchev–Trinajstić information content (AvgIpc) is 2.03. The van der Waals surface area contributed by atoms with Gasteiger partial charge in [0.15, 0.2) is 0 Å². The maximum atomic E-state index is 10.9. The molecule has 0 aromatic rings. The monoisotopic (exact) mass is 158 g/mol. The van der Waals surface area contributed by atoms with Crippen LogP contribution >= 0.6 is 0 Å². The topological polar surface area (TPSA) is 69.1 Å². The van der Waals surface area contributed by atoms with Gasteiger partial charge >= 0.3 is 0 Å². The summed E-state index contributed by atoms with van der Waals surface area (Å²) in [5, 5.41) is 0. The van der Waals surface area contributed by atoms with E-state index in [-0.39, 0.29) is 11.8 Å². The molecule has 0 aliphatic carbocycles. The summed E-state index contributed by atoms with van der Waals surface area (Å²) in [5.74, 6) is 0.155. The average molecular weight is 158 g/mol. The van der Waals surface area contributed by atoms with E-state index in [2.05, 4.69) is 0 Å². The van der Waals surface area contributed by atoms with Gasteiger partial charge in [0.2, 0.25) is 0 Å². The number of unbranched alkanes of at least 4 members (excludes halogenated alkanes) is 1. The molecule has 4 N–H and O–H groups in total. The van der Waals surface area contributed by atoms with Gasteiger partial charge in [0, 0.05) is 6.42 Å². The van der Waals surface area contributed by atoms with Gasteiger partial charge in [-0.15, -0.1) is 0 Å². The predicted octanol–water partition coefficient (Wildman–Crippen LogP) is 0.422. The molecule has 0 radical (unpaired) electrons. The van der Waals surface area contributed by atoms with Crippen molar-refractivity contribution in [1.29, 1.82) is 0 Å². The molecular weight excluding hydrogens is 140 g/mol. The van der Waals surface area contributed by atoms with Crippen molar-refractivity contribution in [1.82, 2.24) is 0 Å². The fourth-order valence-corrected chi connectivity index (χ4v) is 0.932. The molecule has 0 saturated heterocycles. The first-order chi connectivity index (χ1) is 5.22. The van der Waals surface area contributed by atoms with Crippen LogP contribution in [0.15, 0.2) is 0 Å². The Morgan fingerprint density at radius 1 is 1.45 bits per heavy atom. The number of ketones is 1. The molecule has 0 fully saturated rings. The van der Waals surface area contributed by atoms with Gasteiger partial charge in [-0.2, -0.15) is 0 Å². The Labute approximate surface area is 68.1 Å². The lowest BCUT2D eigenvalue weighted by Gasteiger charge is -2.07. The third-order valence-corrected chi connectivity index (χ3v) is 1.73. The first-order valence-corrected chi connectivity index (χ1v) is 4.20. The molecule has 3 heteroatoms. The molecule has 11 heavy (non-hydrogen) atoms. The zero-order valence-electron chi connectivity index (χ0n) is 7.18. The Morgan fingerprint density at radius 2 is 2.09 bits per heavy atom. The summed E-state index contributed by atoms with van der Waals surface area (Å²) in [7, 11) is 0. The van der Waals surface area contributed by atoms with Crippen molar-refractivity contribution in [2.75, 3.05) is 6.54 Å². The SMILES string of the molecule is CCC(=O)[C@H](N)CCCCN. The Hall–Kier alpha value is -0.410. The molecule has 66 valence electrons. The Balaban J connectivity index is 3.36. The first-order valence-electron chi connectivity index (χ1n) is 4.20. The molecule has 0 aliphatic rings. The van der Waals surface area contributed by atoms with Gasteiger partial charge in [-0.1, -0.05) is 13.3 Å². The van der Waals surface area contributed by atoms with Gasteiger partial charge in [0.25, 0.3) is 0 Å². The third kappa shape index (κ3) is 4.93. The molecule has 0 aromatic heterocycles. The minimum Gasteiger partial charge on any atom is -0.330 e. The lowest BCUT2D eigenvalue weighted by Crippen LogP contribution is -2.29. The van der Waals surface area contributed by atoms with E-state index in [1.165, 1.54) is 0 Å². The van der Waals surface area contributed by atoms with Crippen LogP contribution in [-0.2, 0) is 4.79 Å². The van der Waals surface area contributed by atoms with Gasteiger partial charge in [0.05, 0.1) is 6.04 Å². The van der Waals surface area contributed by atoms with E-state index in [9.17, 15) is 4.79 Å². The number of carbonyl (C=O) groups is 1. The second kappa shape index (κ2) is 6.31. The van der Waals surface area contributed by atoms with E-state index in [0.29, 0.717) is 13.0 Å². The van der Waals surface area contributed by atoms with Crippen LogP contribution in [-0.4, -0.2) is 18.4 Å². The molecular formula is C8H18N2O. The predicted molar refractivity (Wildman–Crippen MR) is 46.2 cm³/mol. The van der Waals surface area contributed by atoms with Crippen LogP contribution in [0, 0.1) is 0 Å². The quantitative estimate of drug-likeness (QED) is 0.550. The summed E-state index contributed by atoms with van der Waals surface area (Å²) in [6.07, 6.45) is 3.25. The fourth-order valence-electron chi connectivity index (χ4n) is 0.932. The van der Waals surface area contributed by atoms with Crippen LogP contribution < -0.4 is 11.5 Å². The van der Waals surface area contributed by atoms with E-state index >= 15 is 0 Å². The van der Waals surface area contributed by atoms with Crippen LogP contribution in [0.1, 0.15) is 32.6 Å². The molecule has 0 rings (SSSR count). The number of hydrogen-bond donors (Lipinski definition) is 2. The smallest absolute Gasteiger partial charge is 0.149 e. The van der Waals surface area contributed by atoms with Crippen LogP contribution in [0.3, 0.4) is 0 Å². The summed E-state index contributed by atoms with van der Waals surface area (Å²) in [6, 6.07) is -0.258. The van der Waals surface area contributed by atoms with E-state index < -0.39 is 0 Å². The number of Topliss-reactive ketones (excluding diaryl/α,β-unsaturated/α-hetero) is 1. The van der Waals surface area contributed by atoms with Gasteiger partial charge in [-0.25, -0.2) is 0 Å². The molecule has 3 nitrogen and oxygen atoms in total. The molecule has 0 spiro atoms. The Morgan fingerprint density at radius 3 is 2.55 bits per heavy atom. The number of hydrogen-bond acceptors (Lipinski definition) is 3. The molecule has 0 saturated carbocycles. The summed E-state index contributed by atoms with van der Waals surface area (Å²) in [4.78, 5) is 10.9. The lowest BCUT2D eigenvalue weighted by atomic mass is 10.1. The Kier molecular flexibility index (Phi) is 6.07. The van der Waals surface area contributed by atoms with Crippen molar-refractivity contribution < 1.29 is 4.79 Å². The maximum absolute atomic E-state index is 10.9. The van der Waals surface area contributed by atoms with Crippen molar-refractivity contribution in [3.8, 4) is 0 Å². The largest absolute Gasteiger partial charge is 0.330 e. The van der Waals surface area contributed by atoms with E-state index in [0.717, 1.165) is 19.3 Å². The molecule has 0 aliphatic heterocycles. The van der Waals surface area contributed by atoms with Crippen molar-refractivity contribution in [3.05, 3.63) is 0 Å². The third-order valence-electron chi connectivity index (χ3n) is 1.73. The molecule has 0 bridgehead atoms. The van der Waals surface area contributed by atoms with E-state index in [4.69, 9.17) is 11.5 Å². The summed E-state index contributed by atoms with van der Waals surface area (Å²) in [6.45, 7) is 2.53. The van der Waals surface area contributed by atoms with Crippen LogP contribution in [0.5, 0.6) is 0 Å². The lowest BCUT2D eigenvalue weighted by molar-refractivity contribution is -0.120. The summed E-state index contributed by atoms with van der Waals surface area (Å²) >= 11 is 0. The van der Waals surface area contributed by atoms with Gasteiger partial charge in [-0.3, -0.25) is 4.79 Å². The molecule has 0 unspecified atom stereocenters. The minimum absolute atomic E-state index is 0.155. The highest BCUT2D eigenvalue weighted by Gasteiger charge is 2.09. The normalized spacial score (nSPS) is 13.0. The van der Waals surface area contributed by atoms with E-state index in [1.807, 2.05) is 6.92 Å². The Bertz CT molecular complexity index is 115. The van der Waals surface area contributed by atoms with Crippen molar-refractivity contribution in [2.24, 2.45) is 11.5 Å². The highest BCUT2D eigenvalue weighted by atomic mass is 16.1. The van der Waals surface area contributed by atoms with Gasteiger partial charge in [-0.05, 0) is 19.4 Å². The summed E-state index contributed by atoms with van der Waals surface area (Å²) in [5.41, 5.74) is 10.9. The number of rotatable bonds is 6. The fraction of sp³-hybridized carbons (Fsp3) is 0.875. The number of nitrogens with two attached hydrogens (primary N) is 2. The standard InChI is InChI=1S/C8H18N2O/c1-2-8(11)7(10)5-3-4-6-9/h7H,2-6,9-10H2,1H3/t7-/m1/s1. The second-order valence-corrected chi connectivity index (χ2v) is 2.71. The van der Waals surface area contributed by atoms with Gasteiger partial charge in [0.1, 0.15) is 5.78 Å². The highest BCUT2D eigenvalue weighted by Crippen LogP contribution is 2.00. The van der Waals surface area contributed by atoms with Crippen LogP contribution in [0.25, 0.3) is 0 Å². The first kappa shape index (κ1) is 10.6.